The second kappa shape index (κ2) is 8.58. The second-order valence-corrected chi connectivity index (χ2v) is 8.58. The molecule has 3 aromatic rings. The van der Waals surface area contributed by atoms with Gasteiger partial charge >= 0.3 is 0 Å². The van der Waals surface area contributed by atoms with Gasteiger partial charge in [-0.05, 0) is 36.3 Å². The molecule has 30 heavy (non-hydrogen) atoms. The number of benzene rings is 2. The largest absolute Gasteiger partial charge is 0.489 e. The van der Waals surface area contributed by atoms with Crippen LogP contribution in [0.4, 0.5) is 0 Å². The summed E-state index contributed by atoms with van der Waals surface area (Å²) < 4.78 is 7.98. The van der Waals surface area contributed by atoms with Crippen molar-refractivity contribution in [1.29, 1.82) is 0 Å². The predicted molar refractivity (Wildman–Crippen MR) is 114 cm³/mol. The number of ether oxygens (including phenoxy) is 1. The number of rotatable bonds is 6. The fourth-order valence-electron chi connectivity index (χ4n) is 5.06. The summed E-state index contributed by atoms with van der Waals surface area (Å²) in [4.78, 5) is 6.56. The average Bonchev–Trinajstić information content (AvgIpc) is 3.43. The van der Waals surface area contributed by atoms with Gasteiger partial charge in [-0.2, -0.15) is 5.10 Å². The molecule has 0 radical (unpaired) electrons. The van der Waals surface area contributed by atoms with Crippen LogP contribution in [0.25, 0.3) is 0 Å². The molecule has 1 aromatic heterocycles. The van der Waals surface area contributed by atoms with Gasteiger partial charge in [-0.15, -0.1) is 0 Å². The van der Waals surface area contributed by atoms with Gasteiger partial charge < -0.3 is 9.84 Å². The van der Waals surface area contributed by atoms with Crippen molar-refractivity contribution in [3.05, 3.63) is 78.4 Å². The summed E-state index contributed by atoms with van der Waals surface area (Å²) in [7, 11) is 0. The molecule has 0 bridgehead atoms. The fraction of sp³-hybridized carbons (Fsp3) is 0.417. The molecular formula is C24H28N4O2. The molecule has 6 nitrogen and oxygen atoms in total. The molecule has 2 aliphatic rings. The standard InChI is InChI=1S/C24H28N4O2/c29-23-11-21-14-27(13-20(21)10-22(23)28-17-25-16-26-28)12-19-8-4-5-9-24(19)30-15-18-6-2-1-3-7-18/h1-9,16-17,20-23,29H,10-15H2/t20-,21+,22-,23-/m1/s1. The number of hydrogen-bond acceptors (Lipinski definition) is 5. The van der Waals surface area contributed by atoms with Crippen molar-refractivity contribution in [2.75, 3.05) is 13.1 Å². The number of aliphatic hydroxyl groups is 1. The van der Waals surface area contributed by atoms with Crippen molar-refractivity contribution in [3.8, 4) is 5.75 Å². The maximum absolute atomic E-state index is 10.7. The summed E-state index contributed by atoms with van der Waals surface area (Å²) in [6.45, 7) is 3.53. The molecule has 1 aliphatic carbocycles. The monoisotopic (exact) mass is 404 g/mol. The van der Waals surface area contributed by atoms with Gasteiger partial charge in [-0.25, -0.2) is 9.67 Å². The number of hydrogen-bond donors (Lipinski definition) is 1. The number of fused-ring (bicyclic) bond motifs is 1. The van der Waals surface area contributed by atoms with Crippen molar-refractivity contribution >= 4 is 0 Å². The van der Waals surface area contributed by atoms with Crippen LogP contribution in [0.3, 0.4) is 0 Å². The van der Waals surface area contributed by atoms with E-state index in [0.717, 1.165) is 38.2 Å². The highest BCUT2D eigenvalue weighted by Crippen LogP contribution is 2.41. The molecular weight excluding hydrogens is 376 g/mol. The highest BCUT2D eigenvalue weighted by Gasteiger charge is 2.42. The molecule has 1 N–H and O–H groups in total. The van der Waals surface area contributed by atoms with E-state index >= 15 is 0 Å². The molecule has 4 atom stereocenters. The lowest BCUT2D eigenvalue weighted by Gasteiger charge is -2.35. The zero-order chi connectivity index (χ0) is 20.3. The van der Waals surface area contributed by atoms with Gasteiger partial charge in [0.1, 0.15) is 25.0 Å². The smallest absolute Gasteiger partial charge is 0.137 e. The molecule has 2 heterocycles. The fourth-order valence-corrected chi connectivity index (χ4v) is 5.06. The Morgan fingerprint density at radius 2 is 1.73 bits per heavy atom. The Balaban J connectivity index is 1.23. The molecule has 5 rings (SSSR count). The van der Waals surface area contributed by atoms with Gasteiger partial charge in [0.2, 0.25) is 0 Å². The van der Waals surface area contributed by atoms with Gasteiger partial charge in [-0.3, -0.25) is 4.90 Å². The van der Waals surface area contributed by atoms with Crippen LogP contribution in [0.2, 0.25) is 0 Å². The zero-order valence-corrected chi connectivity index (χ0v) is 17.0. The Labute approximate surface area is 177 Å². The summed E-state index contributed by atoms with van der Waals surface area (Å²) in [5.74, 6) is 2.08. The first-order chi connectivity index (χ1) is 14.8. The summed E-state index contributed by atoms with van der Waals surface area (Å²) in [5.41, 5.74) is 2.40. The van der Waals surface area contributed by atoms with Gasteiger partial charge in [-0.1, -0.05) is 48.5 Å². The van der Waals surface area contributed by atoms with Crippen molar-refractivity contribution in [2.45, 2.75) is 38.1 Å². The van der Waals surface area contributed by atoms with Crippen LogP contribution in [-0.2, 0) is 13.2 Å². The number of para-hydroxylation sites is 1. The predicted octanol–water partition coefficient (Wildman–Crippen LogP) is 3.30. The summed E-state index contributed by atoms with van der Waals surface area (Å²) in [5, 5.41) is 14.9. The number of nitrogens with zero attached hydrogens (tertiary/aromatic N) is 4. The van der Waals surface area contributed by atoms with E-state index < -0.39 is 0 Å². The molecule has 2 fully saturated rings. The SMILES string of the molecule is O[C@@H]1C[C@H]2CN(Cc3ccccc3OCc3ccccc3)C[C@H]2C[C@H]1n1cncn1. The molecule has 1 saturated heterocycles. The normalized spacial score (nSPS) is 26.4. The topological polar surface area (TPSA) is 63.4 Å². The third kappa shape index (κ3) is 4.11. The summed E-state index contributed by atoms with van der Waals surface area (Å²) in [6.07, 6.45) is 4.71. The summed E-state index contributed by atoms with van der Waals surface area (Å²) >= 11 is 0. The van der Waals surface area contributed by atoms with Gasteiger partial charge in [0.25, 0.3) is 0 Å². The molecule has 0 spiro atoms. The lowest BCUT2D eigenvalue weighted by molar-refractivity contribution is 0.0304. The van der Waals surface area contributed by atoms with Gasteiger partial charge in [0, 0.05) is 25.2 Å². The van der Waals surface area contributed by atoms with Crippen molar-refractivity contribution in [1.82, 2.24) is 19.7 Å². The zero-order valence-electron chi connectivity index (χ0n) is 17.0. The van der Waals surface area contributed by atoms with Crippen LogP contribution >= 0.6 is 0 Å². The molecule has 6 heteroatoms. The van der Waals surface area contributed by atoms with Crippen molar-refractivity contribution in [2.24, 2.45) is 11.8 Å². The van der Waals surface area contributed by atoms with E-state index in [2.05, 4.69) is 45.3 Å². The molecule has 0 amide bonds. The highest BCUT2D eigenvalue weighted by molar-refractivity contribution is 5.33. The Kier molecular flexibility index (Phi) is 5.51. The van der Waals surface area contributed by atoms with E-state index in [0.29, 0.717) is 18.4 Å². The van der Waals surface area contributed by atoms with Crippen LogP contribution in [0, 0.1) is 11.8 Å². The molecule has 156 valence electrons. The Morgan fingerprint density at radius 1 is 0.967 bits per heavy atom. The van der Waals surface area contributed by atoms with Crippen LogP contribution in [-0.4, -0.2) is 44.0 Å². The van der Waals surface area contributed by atoms with E-state index in [1.807, 2.05) is 28.9 Å². The Morgan fingerprint density at radius 3 is 2.53 bits per heavy atom. The number of aliphatic hydroxyl groups excluding tert-OH is 1. The van der Waals surface area contributed by atoms with Gasteiger partial charge in [0.15, 0.2) is 0 Å². The molecule has 1 aliphatic heterocycles. The lowest BCUT2D eigenvalue weighted by atomic mass is 9.77. The first-order valence-corrected chi connectivity index (χ1v) is 10.8. The van der Waals surface area contributed by atoms with Crippen LogP contribution < -0.4 is 4.74 Å². The molecule has 2 aromatic carbocycles. The maximum Gasteiger partial charge on any atom is 0.137 e. The number of aromatic nitrogens is 3. The molecule has 1 saturated carbocycles. The van der Waals surface area contributed by atoms with E-state index in [1.165, 1.54) is 11.1 Å². The quantitative estimate of drug-likeness (QED) is 0.683. The van der Waals surface area contributed by atoms with Crippen molar-refractivity contribution < 1.29 is 9.84 Å². The Bertz CT molecular complexity index is 947. The van der Waals surface area contributed by atoms with E-state index in [1.54, 1.807) is 12.7 Å². The third-order valence-electron chi connectivity index (χ3n) is 6.56. The average molecular weight is 405 g/mol. The van der Waals surface area contributed by atoms with E-state index in [9.17, 15) is 5.11 Å². The van der Waals surface area contributed by atoms with Gasteiger partial charge in [0.05, 0.1) is 12.1 Å². The number of likely N-dealkylation sites (tertiary alicyclic amines) is 1. The highest BCUT2D eigenvalue weighted by atomic mass is 16.5. The van der Waals surface area contributed by atoms with Crippen LogP contribution in [0.1, 0.15) is 30.0 Å². The van der Waals surface area contributed by atoms with Crippen LogP contribution in [0.5, 0.6) is 5.75 Å². The lowest BCUT2D eigenvalue weighted by Crippen LogP contribution is -2.36. The van der Waals surface area contributed by atoms with E-state index in [4.69, 9.17) is 4.74 Å². The Hall–Kier alpha value is -2.70. The minimum atomic E-state index is -0.352. The van der Waals surface area contributed by atoms with Crippen molar-refractivity contribution in [3.63, 3.8) is 0 Å². The van der Waals surface area contributed by atoms with E-state index in [-0.39, 0.29) is 12.1 Å². The second-order valence-electron chi connectivity index (χ2n) is 8.58. The first-order valence-electron chi connectivity index (χ1n) is 10.8. The minimum Gasteiger partial charge on any atom is -0.489 e. The molecule has 0 unspecified atom stereocenters. The first kappa shape index (κ1) is 19.3. The minimum absolute atomic E-state index is 0.0372. The summed E-state index contributed by atoms with van der Waals surface area (Å²) in [6, 6.07) is 18.7. The van der Waals surface area contributed by atoms with Crippen LogP contribution in [0.15, 0.2) is 67.3 Å². The maximum atomic E-state index is 10.7. The third-order valence-corrected chi connectivity index (χ3v) is 6.56.